The second-order valence-electron chi connectivity index (χ2n) is 9.15. The van der Waals surface area contributed by atoms with Crippen LogP contribution in [-0.4, -0.2) is 44.9 Å². The molecule has 200 valence electrons. The number of nitrogens with zero attached hydrogens (tertiary/aromatic N) is 4. The van der Waals surface area contributed by atoms with E-state index in [0.717, 1.165) is 25.5 Å². The molecule has 1 unspecified atom stereocenters. The Bertz CT molecular complexity index is 1460. The van der Waals surface area contributed by atoms with Gasteiger partial charge in [-0.05, 0) is 66.1 Å². The zero-order chi connectivity index (χ0) is 27.2. The molecule has 5 rings (SSSR count). The lowest BCUT2D eigenvalue weighted by molar-refractivity contribution is -0.143. The summed E-state index contributed by atoms with van der Waals surface area (Å²) in [5.74, 6) is -0.359. The Balaban J connectivity index is 1.38. The Morgan fingerprint density at radius 1 is 1.08 bits per heavy atom. The number of halogens is 6. The summed E-state index contributed by atoms with van der Waals surface area (Å²) in [7, 11) is 0. The van der Waals surface area contributed by atoms with E-state index in [-0.39, 0.29) is 30.1 Å². The van der Waals surface area contributed by atoms with Gasteiger partial charge in [-0.25, -0.2) is 0 Å². The van der Waals surface area contributed by atoms with Crippen molar-refractivity contribution in [1.29, 1.82) is 0 Å². The summed E-state index contributed by atoms with van der Waals surface area (Å²) in [6.45, 7) is 1.03. The molecule has 1 atom stereocenters. The number of hydrogen-bond acceptors (Lipinski definition) is 5. The molecule has 1 fully saturated rings. The molecule has 13 heteroatoms. The minimum Gasteiger partial charge on any atom is -0.349 e. The number of aliphatic imine (C=N–C) groups is 1. The molecule has 3 aromatic rings. The number of piperidine rings is 1. The van der Waals surface area contributed by atoms with Crippen LogP contribution in [0, 0.1) is 0 Å². The van der Waals surface area contributed by atoms with Gasteiger partial charge in [0.05, 0.1) is 34.3 Å². The molecule has 1 aromatic heterocycles. The lowest BCUT2D eigenvalue weighted by Crippen LogP contribution is -2.44. The highest BCUT2D eigenvalue weighted by Gasteiger charge is 2.38. The smallest absolute Gasteiger partial charge is 0.349 e. The van der Waals surface area contributed by atoms with Gasteiger partial charge in [0.15, 0.2) is 5.17 Å². The molecule has 0 spiro atoms. The number of fused-ring (bicyclic) bond motifs is 1. The maximum Gasteiger partial charge on any atom is 0.416 e. The quantitative estimate of drug-likeness (QED) is 0.342. The van der Waals surface area contributed by atoms with Crippen LogP contribution in [0.15, 0.2) is 52.5 Å². The summed E-state index contributed by atoms with van der Waals surface area (Å²) in [6.07, 6.45) is -4.88. The SMILES string of the molecule is NC1CCCN(C2=NC(=O)C(=Cc3ccc4c(cnn4Cc4ccc(C(F)(F)F)cc4C(F)(F)F)c3)S2)C1. The lowest BCUT2D eigenvalue weighted by atomic mass is 10.0. The zero-order valence-corrected chi connectivity index (χ0v) is 20.5. The highest BCUT2D eigenvalue weighted by Crippen LogP contribution is 2.38. The maximum atomic E-state index is 13.6. The Morgan fingerprint density at radius 2 is 1.87 bits per heavy atom. The van der Waals surface area contributed by atoms with Crippen molar-refractivity contribution in [3.05, 3.63) is 69.8 Å². The summed E-state index contributed by atoms with van der Waals surface area (Å²) in [5.41, 5.74) is 4.12. The van der Waals surface area contributed by atoms with Crippen molar-refractivity contribution in [2.75, 3.05) is 13.1 Å². The molecule has 2 aliphatic heterocycles. The van der Waals surface area contributed by atoms with E-state index in [1.54, 1.807) is 24.3 Å². The predicted molar refractivity (Wildman–Crippen MR) is 132 cm³/mol. The highest BCUT2D eigenvalue weighted by atomic mass is 32.2. The zero-order valence-electron chi connectivity index (χ0n) is 19.7. The molecule has 6 nitrogen and oxygen atoms in total. The number of aromatic nitrogens is 2. The monoisotopic (exact) mass is 553 g/mol. The molecule has 0 saturated carbocycles. The number of alkyl halides is 6. The van der Waals surface area contributed by atoms with Crippen molar-refractivity contribution < 1.29 is 31.1 Å². The maximum absolute atomic E-state index is 13.6. The van der Waals surface area contributed by atoms with E-state index in [1.165, 1.54) is 22.6 Å². The molecule has 3 heterocycles. The first-order valence-electron chi connectivity index (χ1n) is 11.6. The van der Waals surface area contributed by atoms with Crippen LogP contribution in [0.25, 0.3) is 17.0 Å². The van der Waals surface area contributed by atoms with Crippen LogP contribution >= 0.6 is 11.8 Å². The molecule has 2 N–H and O–H groups in total. The van der Waals surface area contributed by atoms with Crippen LogP contribution in [0.5, 0.6) is 0 Å². The number of hydrogen-bond donors (Lipinski definition) is 1. The van der Waals surface area contributed by atoms with Crippen molar-refractivity contribution in [1.82, 2.24) is 14.7 Å². The predicted octanol–water partition coefficient (Wildman–Crippen LogP) is 5.52. The van der Waals surface area contributed by atoms with Gasteiger partial charge in [-0.15, -0.1) is 0 Å². The Hall–Kier alpha value is -3.32. The number of thioether (sulfide) groups is 1. The van der Waals surface area contributed by atoms with Crippen molar-refractivity contribution in [3.63, 3.8) is 0 Å². The Morgan fingerprint density at radius 3 is 2.58 bits per heavy atom. The van der Waals surface area contributed by atoms with Gasteiger partial charge in [0.25, 0.3) is 5.91 Å². The fourth-order valence-corrected chi connectivity index (χ4v) is 5.45. The number of benzene rings is 2. The van der Waals surface area contributed by atoms with Gasteiger partial charge in [-0.3, -0.25) is 9.48 Å². The number of carbonyl (C=O) groups excluding carboxylic acids is 1. The molecule has 2 aromatic carbocycles. The van der Waals surface area contributed by atoms with E-state index >= 15 is 0 Å². The lowest BCUT2D eigenvalue weighted by Gasteiger charge is -2.31. The number of amidine groups is 1. The third kappa shape index (κ3) is 5.44. The first-order valence-corrected chi connectivity index (χ1v) is 12.5. The van der Waals surface area contributed by atoms with Crippen LogP contribution in [0.2, 0.25) is 0 Å². The van der Waals surface area contributed by atoms with Crippen LogP contribution in [0.3, 0.4) is 0 Å². The molecule has 0 aliphatic carbocycles. The Labute approximate surface area is 217 Å². The number of rotatable bonds is 3. The van der Waals surface area contributed by atoms with Gasteiger partial charge in [0, 0.05) is 24.5 Å². The first kappa shape index (κ1) is 26.3. The van der Waals surface area contributed by atoms with Crippen LogP contribution in [0.1, 0.15) is 35.1 Å². The topological polar surface area (TPSA) is 76.5 Å². The molecular weight excluding hydrogens is 532 g/mol. The van der Waals surface area contributed by atoms with Gasteiger partial charge in [-0.1, -0.05) is 12.1 Å². The minimum absolute atomic E-state index is 0.0314. The molecule has 2 aliphatic rings. The molecule has 0 radical (unpaired) electrons. The third-order valence-electron chi connectivity index (χ3n) is 6.36. The van der Waals surface area contributed by atoms with Crippen LogP contribution in [-0.2, 0) is 23.7 Å². The van der Waals surface area contributed by atoms with Gasteiger partial charge in [-0.2, -0.15) is 36.4 Å². The molecule has 38 heavy (non-hydrogen) atoms. The van der Waals surface area contributed by atoms with Gasteiger partial charge >= 0.3 is 12.4 Å². The van der Waals surface area contributed by atoms with Crippen LogP contribution < -0.4 is 5.73 Å². The number of nitrogens with two attached hydrogens (primary N) is 1. The van der Waals surface area contributed by atoms with Gasteiger partial charge in [0.1, 0.15) is 0 Å². The standard InChI is InChI=1S/C25H21F6N5OS/c26-24(27,28)17-5-4-15(19(10-17)25(29,30)31)12-36-20-6-3-14(8-16(20)11-33-36)9-21-22(37)34-23(38-21)35-7-1-2-18(32)13-35/h3-6,8-11,18H,1-2,7,12-13,32H2. The minimum atomic E-state index is -4.97. The first-order chi connectivity index (χ1) is 17.9. The van der Waals surface area contributed by atoms with Gasteiger partial charge in [0.2, 0.25) is 0 Å². The van der Waals surface area contributed by atoms with E-state index in [1.807, 2.05) is 4.90 Å². The second kappa shape index (κ2) is 9.77. The summed E-state index contributed by atoms with van der Waals surface area (Å²) in [6, 6.07) is 6.67. The summed E-state index contributed by atoms with van der Waals surface area (Å²) in [4.78, 5) is 19.1. The average Bonchev–Trinajstić information content (AvgIpc) is 3.41. The number of carbonyl (C=O) groups is 1. The average molecular weight is 554 g/mol. The van der Waals surface area contributed by atoms with E-state index < -0.39 is 23.5 Å². The summed E-state index contributed by atoms with van der Waals surface area (Å²) < 4.78 is 80.9. The third-order valence-corrected chi connectivity index (χ3v) is 7.41. The normalized spacial score (nSPS) is 20.0. The summed E-state index contributed by atoms with van der Waals surface area (Å²) in [5, 5.41) is 5.36. The summed E-state index contributed by atoms with van der Waals surface area (Å²) >= 11 is 1.27. The van der Waals surface area contributed by atoms with E-state index in [2.05, 4.69) is 10.1 Å². The van der Waals surface area contributed by atoms with E-state index in [9.17, 15) is 31.1 Å². The second-order valence-corrected chi connectivity index (χ2v) is 10.2. The van der Waals surface area contributed by atoms with E-state index in [4.69, 9.17) is 5.73 Å². The molecule has 1 amide bonds. The van der Waals surface area contributed by atoms with E-state index in [0.29, 0.717) is 39.2 Å². The van der Waals surface area contributed by atoms with Gasteiger partial charge < -0.3 is 10.6 Å². The molecular formula is C25H21F6N5OS. The van der Waals surface area contributed by atoms with Crippen LogP contribution in [0.4, 0.5) is 26.3 Å². The van der Waals surface area contributed by atoms with Crippen molar-refractivity contribution in [3.8, 4) is 0 Å². The fourth-order valence-electron chi connectivity index (χ4n) is 4.51. The largest absolute Gasteiger partial charge is 0.416 e. The fraction of sp³-hybridized carbons (Fsp3) is 0.320. The van der Waals surface area contributed by atoms with Crippen molar-refractivity contribution in [2.45, 2.75) is 37.8 Å². The number of likely N-dealkylation sites (tertiary alicyclic amines) is 1. The van der Waals surface area contributed by atoms with Crippen molar-refractivity contribution in [2.24, 2.45) is 10.7 Å². The molecule has 1 saturated heterocycles. The number of amides is 1. The Kier molecular flexibility index (Phi) is 6.76. The highest BCUT2D eigenvalue weighted by molar-refractivity contribution is 8.18. The molecule has 0 bridgehead atoms. The van der Waals surface area contributed by atoms with Crippen molar-refractivity contribution >= 4 is 39.8 Å².